The zero-order valence-corrected chi connectivity index (χ0v) is 19.0. The van der Waals surface area contributed by atoms with Crippen LogP contribution in [0.25, 0.3) is 0 Å². The number of aliphatic hydroxyl groups is 1. The Morgan fingerprint density at radius 1 is 0.824 bits per heavy atom. The SMILES string of the molecule is CC(O)C(NC(=O)C(CCC(N)=O)NC(=O)C(N)CC(N)=O)C(=O)NC(CCCCN)C(=O)O. The molecule has 0 fully saturated rings. The number of carbonyl (C=O) groups is 6. The first-order valence-corrected chi connectivity index (χ1v) is 10.6. The van der Waals surface area contributed by atoms with Crippen LogP contribution in [0.2, 0.25) is 0 Å². The van der Waals surface area contributed by atoms with Gasteiger partial charge in [0.2, 0.25) is 29.5 Å². The van der Waals surface area contributed by atoms with E-state index < -0.39 is 72.2 Å². The number of aliphatic carboxylic acids is 1. The lowest BCUT2D eigenvalue weighted by Crippen LogP contribution is -2.60. The smallest absolute Gasteiger partial charge is 0.326 e. The van der Waals surface area contributed by atoms with E-state index in [1.54, 1.807) is 0 Å². The molecular formula is C19H35N7O8. The minimum Gasteiger partial charge on any atom is -0.480 e. The fraction of sp³-hybridized carbons (Fsp3) is 0.684. The molecule has 15 heteroatoms. The highest BCUT2D eigenvalue weighted by Crippen LogP contribution is 2.05. The predicted octanol–water partition coefficient (Wildman–Crippen LogP) is -4.50. The van der Waals surface area contributed by atoms with Crippen molar-refractivity contribution >= 4 is 35.5 Å². The van der Waals surface area contributed by atoms with Gasteiger partial charge in [0.15, 0.2) is 0 Å². The van der Waals surface area contributed by atoms with Crippen molar-refractivity contribution in [2.24, 2.45) is 22.9 Å². The lowest BCUT2D eigenvalue weighted by Gasteiger charge is -2.26. The Hall–Kier alpha value is -3.30. The second kappa shape index (κ2) is 15.5. The van der Waals surface area contributed by atoms with E-state index in [-0.39, 0.29) is 19.3 Å². The lowest BCUT2D eigenvalue weighted by atomic mass is 10.1. The quantitative estimate of drug-likeness (QED) is 0.0882. The number of carboxylic acid groups (broad SMARTS) is 1. The molecule has 0 radical (unpaired) electrons. The molecular weight excluding hydrogens is 454 g/mol. The molecule has 0 aliphatic rings. The van der Waals surface area contributed by atoms with E-state index in [4.69, 9.17) is 22.9 Å². The molecule has 13 N–H and O–H groups in total. The van der Waals surface area contributed by atoms with E-state index in [0.29, 0.717) is 19.4 Å². The van der Waals surface area contributed by atoms with Crippen LogP contribution in [-0.2, 0) is 28.8 Å². The molecule has 0 saturated carbocycles. The number of nitrogens with one attached hydrogen (secondary N) is 3. The Balaban J connectivity index is 5.44. The maximum absolute atomic E-state index is 12.8. The van der Waals surface area contributed by atoms with Crippen LogP contribution in [0.4, 0.5) is 0 Å². The fourth-order valence-electron chi connectivity index (χ4n) is 2.81. The molecule has 0 aromatic carbocycles. The zero-order chi connectivity index (χ0) is 26.4. The van der Waals surface area contributed by atoms with Crippen LogP contribution < -0.4 is 38.9 Å². The number of carboxylic acids is 1. The van der Waals surface area contributed by atoms with Gasteiger partial charge in [-0.1, -0.05) is 0 Å². The number of hydrogen-bond donors (Lipinski definition) is 9. The summed E-state index contributed by atoms with van der Waals surface area (Å²) in [5.41, 5.74) is 21.0. The molecule has 0 saturated heterocycles. The molecule has 0 aromatic rings. The summed E-state index contributed by atoms with van der Waals surface area (Å²) in [6.45, 7) is 1.53. The average Bonchev–Trinajstić information content (AvgIpc) is 2.72. The van der Waals surface area contributed by atoms with Gasteiger partial charge in [-0.3, -0.25) is 24.0 Å². The number of rotatable bonds is 17. The summed E-state index contributed by atoms with van der Waals surface area (Å²) in [5, 5.41) is 26.0. The Kier molecular flexibility index (Phi) is 14.0. The van der Waals surface area contributed by atoms with Crippen molar-refractivity contribution < 1.29 is 39.0 Å². The van der Waals surface area contributed by atoms with E-state index in [1.807, 2.05) is 0 Å². The minimum absolute atomic E-state index is 0.0772. The minimum atomic E-state index is -1.59. The molecule has 0 aliphatic heterocycles. The van der Waals surface area contributed by atoms with E-state index in [9.17, 15) is 39.0 Å². The molecule has 0 heterocycles. The van der Waals surface area contributed by atoms with Crippen molar-refractivity contribution in [3.8, 4) is 0 Å². The number of amides is 5. The largest absolute Gasteiger partial charge is 0.480 e. The molecule has 5 amide bonds. The molecule has 0 aromatic heterocycles. The molecule has 15 nitrogen and oxygen atoms in total. The van der Waals surface area contributed by atoms with Crippen molar-refractivity contribution in [2.45, 2.75) is 75.7 Å². The molecule has 194 valence electrons. The van der Waals surface area contributed by atoms with E-state index >= 15 is 0 Å². The molecule has 5 unspecified atom stereocenters. The molecule has 0 aliphatic carbocycles. The standard InChI is InChI=1S/C19H35N7O8/c1-9(27)15(18(32)25-12(19(33)34)4-2-3-7-20)26-17(31)11(5-6-13(22)28)24-16(30)10(21)8-14(23)29/h9-12,15,27H,2-8,20-21H2,1H3,(H2,22,28)(H2,23,29)(H,24,30)(H,25,32)(H,26,31)(H,33,34). The number of hydrogen-bond acceptors (Lipinski definition) is 9. The topological polar surface area (TPSA) is 283 Å². The second-order valence-corrected chi connectivity index (χ2v) is 7.75. The molecule has 0 bridgehead atoms. The van der Waals surface area contributed by atoms with Crippen molar-refractivity contribution in [3.63, 3.8) is 0 Å². The molecule has 5 atom stereocenters. The number of aliphatic hydroxyl groups excluding tert-OH is 1. The zero-order valence-electron chi connectivity index (χ0n) is 19.0. The maximum Gasteiger partial charge on any atom is 0.326 e. The molecule has 0 spiro atoms. The fourth-order valence-corrected chi connectivity index (χ4v) is 2.81. The van der Waals surface area contributed by atoms with Gasteiger partial charge >= 0.3 is 5.97 Å². The van der Waals surface area contributed by atoms with E-state index in [1.165, 1.54) is 6.92 Å². The average molecular weight is 490 g/mol. The van der Waals surface area contributed by atoms with Gasteiger partial charge in [-0.2, -0.15) is 0 Å². The van der Waals surface area contributed by atoms with Crippen LogP contribution in [0.1, 0.15) is 45.4 Å². The lowest BCUT2D eigenvalue weighted by molar-refractivity contribution is -0.143. The number of carbonyl (C=O) groups excluding carboxylic acids is 5. The van der Waals surface area contributed by atoms with Crippen molar-refractivity contribution in [2.75, 3.05) is 6.54 Å². The maximum atomic E-state index is 12.8. The summed E-state index contributed by atoms with van der Waals surface area (Å²) in [7, 11) is 0. The number of primary amides is 2. The third kappa shape index (κ3) is 12.1. The van der Waals surface area contributed by atoms with Gasteiger partial charge in [-0.05, 0) is 39.2 Å². The van der Waals surface area contributed by atoms with Crippen molar-refractivity contribution in [1.82, 2.24) is 16.0 Å². The first-order valence-electron chi connectivity index (χ1n) is 10.6. The van der Waals surface area contributed by atoms with Crippen molar-refractivity contribution in [1.29, 1.82) is 0 Å². The first-order chi connectivity index (χ1) is 15.8. The summed E-state index contributed by atoms with van der Waals surface area (Å²) in [6, 6.07) is -5.65. The van der Waals surface area contributed by atoms with Crippen LogP contribution in [0.5, 0.6) is 0 Å². The van der Waals surface area contributed by atoms with Gasteiger partial charge in [0, 0.05) is 6.42 Å². The number of unbranched alkanes of at least 4 members (excludes halogenated alkanes) is 1. The Labute approximate surface area is 196 Å². The highest BCUT2D eigenvalue weighted by molar-refractivity contribution is 5.95. The van der Waals surface area contributed by atoms with Gasteiger partial charge in [0.05, 0.1) is 18.6 Å². The Morgan fingerprint density at radius 2 is 1.41 bits per heavy atom. The second-order valence-electron chi connectivity index (χ2n) is 7.75. The summed E-state index contributed by atoms with van der Waals surface area (Å²) in [4.78, 5) is 71.1. The van der Waals surface area contributed by atoms with Crippen LogP contribution in [0.3, 0.4) is 0 Å². The highest BCUT2D eigenvalue weighted by atomic mass is 16.4. The van der Waals surface area contributed by atoms with E-state index in [0.717, 1.165) is 0 Å². The van der Waals surface area contributed by atoms with Gasteiger partial charge in [-0.25, -0.2) is 4.79 Å². The highest BCUT2D eigenvalue weighted by Gasteiger charge is 2.32. The summed E-state index contributed by atoms with van der Waals surface area (Å²) in [5.74, 6) is -5.82. The van der Waals surface area contributed by atoms with Crippen LogP contribution in [0.15, 0.2) is 0 Å². The van der Waals surface area contributed by atoms with Crippen LogP contribution >= 0.6 is 0 Å². The monoisotopic (exact) mass is 489 g/mol. The van der Waals surface area contributed by atoms with Gasteiger partial charge < -0.3 is 49.1 Å². The van der Waals surface area contributed by atoms with E-state index in [2.05, 4.69) is 16.0 Å². The summed E-state index contributed by atoms with van der Waals surface area (Å²) >= 11 is 0. The van der Waals surface area contributed by atoms with Gasteiger partial charge in [0.1, 0.15) is 18.1 Å². The summed E-state index contributed by atoms with van der Waals surface area (Å²) in [6.07, 6.45) is -1.52. The third-order valence-corrected chi connectivity index (χ3v) is 4.69. The van der Waals surface area contributed by atoms with Crippen molar-refractivity contribution in [3.05, 3.63) is 0 Å². The predicted molar refractivity (Wildman–Crippen MR) is 118 cm³/mol. The van der Waals surface area contributed by atoms with Crippen LogP contribution in [-0.4, -0.2) is 82.5 Å². The van der Waals surface area contributed by atoms with Gasteiger partial charge in [-0.15, -0.1) is 0 Å². The molecule has 34 heavy (non-hydrogen) atoms. The Morgan fingerprint density at radius 3 is 1.88 bits per heavy atom. The molecule has 0 rings (SSSR count). The Bertz CT molecular complexity index is 746. The normalized spacial score (nSPS) is 15.2. The number of nitrogens with two attached hydrogens (primary N) is 4. The van der Waals surface area contributed by atoms with Gasteiger partial charge in [0.25, 0.3) is 0 Å². The first kappa shape index (κ1) is 30.7. The summed E-state index contributed by atoms with van der Waals surface area (Å²) < 4.78 is 0. The van der Waals surface area contributed by atoms with Crippen LogP contribution in [0, 0.1) is 0 Å². The third-order valence-electron chi connectivity index (χ3n) is 4.69.